The molecule has 0 aliphatic rings. The zero-order valence-electron chi connectivity index (χ0n) is 16.7. The molecule has 1 amide bonds. The van der Waals surface area contributed by atoms with Crippen molar-refractivity contribution in [3.05, 3.63) is 89.5 Å². The third-order valence-corrected chi connectivity index (χ3v) is 5.60. The summed E-state index contributed by atoms with van der Waals surface area (Å²) in [5, 5.41) is 3.00. The molecule has 3 rings (SSSR count). The fraction of sp³-hybridized carbons (Fsp3) is 0.208. The third-order valence-electron chi connectivity index (χ3n) is 4.54. The number of amides is 1. The van der Waals surface area contributed by atoms with Crippen molar-refractivity contribution in [3.8, 4) is 11.5 Å². The highest BCUT2D eigenvalue weighted by molar-refractivity contribution is 7.98. The summed E-state index contributed by atoms with van der Waals surface area (Å²) in [5.74, 6) is 2.28. The summed E-state index contributed by atoms with van der Waals surface area (Å²) in [5.41, 5.74) is 2.80. The van der Waals surface area contributed by atoms with Gasteiger partial charge in [-0.2, -0.15) is 0 Å². The lowest BCUT2D eigenvalue weighted by Gasteiger charge is -2.11. The number of benzene rings is 3. The number of nitrogens with one attached hydrogen (secondary N) is 1. The fourth-order valence-electron chi connectivity index (χ4n) is 2.93. The molecule has 0 bridgehead atoms. The molecule has 0 heterocycles. The van der Waals surface area contributed by atoms with E-state index in [2.05, 4.69) is 17.4 Å². The highest BCUT2D eigenvalue weighted by atomic mass is 32.2. The average Bonchev–Trinajstić information content (AvgIpc) is 2.78. The van der Waals surface area contributed by atoms with Crippen molar-refractivity contribution >= 4 is 17.7 Å². The van der Waals surface area contributed by atoms with E-state index < -0.39 is 0 Å². The van der Waals surface area contributed by atoms with E-state index in [1.165, 1.54) is 4.90 Å². The second kappa shape index (κ2) is 10.6. The standard InChI is InChI=1S/C24H25NO3S/c1-27-21-11-8-18(9-12-21)14-15-25-24(26)19-10-13-23(28-2)20(16-19)17-29-22-6-4-3-5-7-22/h3-13,16H,14-15,17H2,1-2H3,(H,25,26). The Kier molecular flexibility index (Phi) is 7.59. The van der Waals surface area contributed by atoms with E-state index in [4.69, 9.17) is 9.47 Å². The van der Waals surface area contributed by atoms with Crippen molar-refractivity contribution in [1.82, 2.24) is 5.32 Å². The fourth-order valence-corrected chi connectivity index (χ4v) is 3.82. The summed E-state index contributed by atoms with van der Waals surface area (Å²) in [7, 11) is 3.30. The van der Waals surface area contributed by atoms with Gasteiger partial charge >= 0.3 is 0 Å². The second-order valence-corrected chi connectivity index (χ2v) is 7.53. The van der Waals surface area contributed by atoms with Crippen LogP contribution < -0.4 is 14.8 Å². The summed E-state index contributed by atoms with van der Waals surface area (Å²) in [6.07, 6.45) is 0.766. The van der Waals surface area contributed by atoms with Crippen LogP contribution in [0.2, 0.25) is 0 Å². The van der Waals surface area contributed by atoms with Crippen molar-refractivity contribution in [2.24, 2.45) is 0 Å². The van der Waals surface area contributed by atoms with Gasteiger partial charge in [-0.1, -0.05) is 30.3 Å². The molecule has 0 aromatic heterocycles. The molecule has 0 spiro atoms. The largest absolute Gasteiger partial charge is 0.497 e. The van der Waals surface area contributed by atoms with Gasteiger partial charge in [-0.3, -0.25) is 4.79 Å². The Morgan fingerprint density at radius 2 is 1.69 bits per heavy atom. The summed E-state index contributed by atoms with van der Waals surface area (Å²) in [6, 6.07) is 23.7. The normalized spacial score (nSPS) is 10.4. The molecular formula is C24H25NO3S. The number of hydrogen-bond donors (Lipinski definition) is 1. The molecule has 0 radical (unpaired) electrons. The van der Waals surface area contributed by atoms with E-state index in [1.54, 1.807) is 32.0 Å². The number of ether oxygens (including phenoxy) is 2. The minimum absolute atomic E-state index is 0.0767. The molecule has 4 nitrogen and oxygen atoms in total. The maximum atomic E-state index is 12.6. The van der Waals surface area contributed by atoms with E-state index in [0.29, 0.717) is 12.1 Å². The lowest BCUT2D eigenvalue weighted by molar-refractivity contribution is 0.0954. The molecule has 0 aliphatic heterocycles. The summed E-state index contributed by atoms with van der Waals surface area (Å²) >= 11 is 1.72. The number of thioether (sulfide) groups is 1. The van der Waals surface area contributed by atoms with Gasteiger partial charge in [-0.05, 0) is 54.4 Å². The van der Waals surface area contributed by atoms with Crippen LogP contribution in [0.15, 0.2) is 77.7 Å². The Morgan fingerprint density at radius 3 is 2.38 bits per heavy atom. The SMILES string of the molecule is COc1ccc(CCNC(=O)c2ccc(OC)c(CSc3ccccc3)c2)cc1. The molecule has 0 fully saturated rings. The minimum Gasteiger partial charge on any atom is -0.497 e. The van der Waals surface area contributed by atoms with Gasteiger partial charge in [0.15, 0.2) is 0 Å². The zero-order valence-corrected chi connectivity index (χ0v) is 17.5. The first kappa shape index (κ1) is 20.8. The molecule has 29 heavy (non-hydrogen) atoms. The van der Waals surface area contributed by atoms with Gasteiger partial charge in [0.25, 0.3) is 5.91 Å². The molecule has 5 heteroatoms. The molecule has 0 aliphatic carbocycles. The van der Waals surface area contributed by atoms with Gasteiger partial charge in [0.2, 0.25) is 0 Å². The maximum absolute atomic E-state index is 12.6. The van der Waals surface area contributed by atoms with Gasteiger partial charge < -0.3 is 14.8 Å². The van der Waals surface area contributed by atoms with Crippen molar-refractivity contribution in [3.63, 3.8) is 0 Å². The maximum Gasteiger partial charge on any atom is 0.251 e. The predicted octanol–water partition coefficient (Wildman–Crippen LogP) is 4.97. The number of carbonyl (C=O) groups is 1. The molecule has 0 saturated heterocycles. The van der Waals surface area contributed by atoms with Crippen LogP contribution in [-0.4, -0.2) is 26.7 Å². The Bertz CT molecular complexity index is 927. The molecule has 3 aromatic rings. The van der Waals surface area contributed by atoms with Crippen LogP contribution in [-0.2, 0) is 12.2 Å². The van der Waals surface area contributed by atoms with E-state index in [1.807, 2.05) is 54.6 Å². The summed E-state index contributed by atoms with van der Waals surface area (Å²) in [4.78, 5) is 13.8. The lowest BCUT2D eigenvalue weighted by atomic mass is 10.1. The number of methoxy groups -OCH3 is 2. The van der Waals surface area contributed by atoms with E-state index >= 15 is 0 Å². The third kappa shape index (κ3) is 6.03. The Balaban J connectivity index is 1.59. The van der Waals surface area contributed by atoms with Crippen molar-refractivity contribution in [2.45, 2.75) is 17.1 Å². The van der Waals surface area contributed by atoms with E-state index in [0.717, 1.165) is 34.8 Å². The lowest BCUT2D eigenvalue weighted by Crippen LogP contribution is -2.25. The first-order valence-corrected chi connectivity index (χ1v) is 10.4. The zero-order chi connectivity index (χ0) is 20.5. The smallest absolute Gasteiger partial charge is 0.251 e. The number of hydrogen-bond acceptors (Lipinski definition) is 4. The summed E-state index contributed by atoms with van der Waals surface area (Å²) in [6.45, 7) is 0.575. The van der Waals surface area contributed by atoms with Crippen molar-refractivity contribution < 1.29 is 14.3 Å². The highest BCUT2D eigenvalue weighted by Crippen LogP contribution is 2.28. The van der Waals surface area contributed by atoms with E-state index in [9.17, 15) is 4.79 Å². The number of rotatable bonds is 9. The molecule has 1 N–H and O–H groups in total. The molecular weight excluding hydrogens is 382 g/mol. The molecule has 0 saturated carbocycles. The monoisotopic (exact) mass is 407 g/mol. The molecule has 150 valence electrons. The first-order valence-electron chi connectivity index (χ1n) is 9.45. The van der Waals surface area contributed by atoms with Crippen LogP contribution in [0.1, 0.15) is 21.5 Å². The Hall–Kier alpha value is -2.92. The van der Waals surface area contributed by atoms with Gasteiger partial charge in [-0.25, -0.2) is 0 Å². The molecule has 0 unspecified atom stereocenters. The quantitative estimate of drug-likeness (QED) is 0.509. The minimum atomic E-state index is -0.0767. The predicted molar refractivity (Wildman–Crippen MR) is 118 cm³/mol. The van der Waals surface area contributed by atoms with Crippen LogP contribution in [0.5, 0.6) is 11.5 Å². The van der Waals surface area contributed by atoms with Crippen LogP contribution >= 0.6 is 11.8 Å². The van der Waals surface area contributed by atoms with Crippen LogP contribution in [0, 0.1) is 0 Å². The van der Waals surface area contributed by atoms with Gasteiger partial charge in [0.05, 0.1) is 14.2 Å². The molecule has 3 aromatic carbocycles. The van der Waals surface area contributed by atoms with Crippen LogP contribution in [0.25, 0.3) is 0 Å². The van der Waals surface area contributed by atoms with Crippen molar-refractivity contribution in [2.75, 3.05) is 20.8 Å². The van der Waals surface area contributed by atoms with Gasteiger partial charge in [-0.15, -0.1) is 11.8 Å². The van der Waals surface area contributed by atoms with Gasteiger partial charge in [0, 0.05) is 28.3 Å². The van der Waals surface area contributed by atoms with Crippen molar-refractivity contribution in [1.29, 1.82) is 0 Å². The summed E-state index contributed by atoms with van der Waals surface area (Å²) < 4.78 is 10.6. The number of carbonyl (C=O) groups excluding carboxylic acids is 1. The topological polar surface area (TPSA) is 47.6 Å². The average molecular weight is 408 g/mol. The molecule has 0 atom stereocenters. The Morgan fingerprint density at radius 1 is 0.931 bits per heavy atom. The second-order valence-electron chi connectivity index (χ2n) is 6.48. The van der Waals surface area contributed by atoms with E-state index in [-0.39, 0.29) is 5.91 Å². The van der Waals surface area contributed by atoms with Crippen LogP contribution in [0.4, 0.5) is 0 Å². The van der Waals surface area contributed by atoms with Crippen LogP contribution in [0.3, 0.4) is 0 Å². The highest BCUT2D eigenvalue weighted by Gasteiger charge is 2.11. The Labute approximate surface area is 176 Å². The first-order chi connectivity index (χ1) is 14.2. The van der Waals surface area contributed by atoms with Gasteiger partial charge in [0.1, 0.15) is 11.5 Å².